The summed E-state index contributed by atoms with van der Waals surface area (Å²) >= 11 is 0. The zero-order valence-electron chi connectivity index (χ0n) is 12.8. The Kier molecular flexibility index (Phi) is 3.95. The Morgan fingerprint density at radius 1 is 1.19 bits per heavy atom. The highest BCUT2D eigenvalue weighted by Gasteiger charge is 2.41. The third-order valence-electron chi connectivity index (χ3n) is 4.30. The zero-order chi connectivity index (χ0) is 14.7. The van der Waals surface area contributed by atoms with Gasteiger partial charge in [0.2, 0.25) is 0 Å². The van der Waals surface area contributed by atoms with Gasteiger partial charge in [-0.25, -0.2) is 0 Å². The fourth-order valence-corrected chi connectivity index (χ4v) is 3.16. The Bertz CT molecular complexity index is 571. The van der Waals surface area contributed by atoms with Crippen molar-refractivity contribution in [2.45, 2.75) is 44.9 Å². The predicted octanol–water partition coefficient (Wildman–Crippen LogP) is 4.00. The van der Waals surface area contributed by atoms with Gasteiger partial charge < -0.3 is 9.84 Å². The van der Waals surface area contributed by atoms with Gasteiger partial charge in [0.25, 0.3) is 0 Å². The van der Waals surface area contributed by atoms with E-state index in [0.717, 1.165) is 25.2 Å². The standard InChI is InChI=1S/C17H23N3O/c1-13(2)12-18-16-19-15(20-21-16)17(10-6-7-11-17)14-8-4-3-5-9-14/h3-5,8-9,13H,6-7,10-12H2,1-2H3,(H,18,19,20). The molecule has 3 rings (SSSR count). The van der Waals surface area contributed by atoms with Crippen LogP contribution in [0.1, 0.15) is 50.9 Å². The minimum Gasteiger partial charge on any atom is -0.337 e. The maximum Gasteiger partial charge on any atom is 0.321 e. The maximum atomic E-state index is 5.40. The second-order valence-corrected chi connectivity index (χ2v) is 6.35. The van der Waals surface area contributed by atoms with Gasteiger partial charge >= 0.3 is 6.01 Å². The quantitative estimate of drug-likeness (QED) is 0.902. The highest BCUT2D eigenvalue weighted by Crippen LogP contribution is 2.45. The van der Waals surface area contributed by atoms with Crippen LogP contribution in [0.4, 0.5) is 6.01 Å². The zero-order valence-corrected chi connectivity index (χ0v) is 12.8. The van der Waals surface area contributed by atoms with Gasteiger partial charge in [0.05, 0.1) is 5.41 Å². The van der Waals surface area contributed by atoms with Crippen molar-refractivity contribution >= 4 is 6.01 Å². The van der Waals surface area contributed by atoms with Crippen LogP contribution >= 0.6 is 0 Å². The van der Waals surface area contributed by atoms with Gasteiger partial charge in [-0.05, 0) is 24.3 Å². The first-order valence-corrected chi connectivity index (χ1v) is 7.84. The van der Waals surface area contributed by atoms with Crippen LogP contribution in [0.3, 0.4) is 0 Å². The average molecular weight is 285 g/mol. The first kappa shape index (κ1) is 14.1. The van der Waals surface area contributed by atoms with Gasteiger partial charge in [0.1, 0.15) is 0 Å². The molecule has 0 radical (unpaired) electrons. The second-order valence-electron chi connectivity index (χ2n) is 6.35. The third kappa shape index (κ3) is 2.80. The van der Waals surface area contributed by atoms with E-state index in [1.807, 2.05) is 0 Å². The first-order valence-electron chi connectivity index (χ1n) is 7.84. The number of rotatable bonds is 5. The molecule has 0 spiro atoms. The highest BCUT2D eigenvalue weighted by molar-refractivity contribution is 5.35. The van der Waals surface area contributed by atoms with Crippen molar-refractivity contribution in [2.75, 3.05) is 11.9 Å². The van der Waals surface area contributed by atoms with Gasteiger partial charge in [0.15, 0.2) is 5.82 Å². The van der Waals surface area contributed by atoms with Crippen molar-refractivity contribution in [3.63, 3.8) is 0 Å². The van der Waals surface area contributed by atoms with E-state index in [1.54, 1.807) is 0 Å². The molecule has 0 bridgehead atoms. The molecule has 2 aromatic rings. The Morgan fingerprint density at radius 3 is 2.57 bits per heavy atom. The Balaban J connectivity index is 1.88. The smallest absolute Gasteiger partial charge is 0.321 e. The summed E-state index contributed by atoms with van der Waals surface area (Å²) in [4.78, 5) is 4.62. The summed E-state index contributed by atoms with van der Waals surface area (Å²) in [6, 6.07) is 11.1. The molecule has 1 heterocycles. The van der Waals surface area contributed by atoms with E-state index in [0.29, 0.717) is 11.9 Å². The van der Waals surface area contributed by atoms with Crippen LogP contribution < -0.4 is 5.32 Å². The minimum atomic E-state index is -0.0669. The fraction of sp³-hybridized carbons (Fsp3) is 0.529. The molecule has 4 heteroatoms. The van der Waals surface area contributed by atoms with Crippen molar-refractivity contribution < 1.29 is 4.52 Å². The maximum absolute atomic E-state index is 5.40. The number of nitrogens with one attached hydrogen (secondary N) is 1. The Morgan fingerprint density at radius 2 is 1.90 bits per heavy atom. The SMILES string of the molecule is CC(C)CNc1nc(C2(c3ccccc3)CCCC2)no1. The second kappa shape index (κ2) is 5.88. The lowest BCUT2D eigenvalue weighted by molar-refractivity contribution is 0.394. The first-order chi connectivity index (χ1) is 10.2. The summed E-state index contributed by atoms with van der Waals surface area (Å²) < 4.78 is 5.40. The van der Waals surface area contributed by atoms with E-state index in [2.05, 4.69) is 59.6 Å². The lowest BCUT2D eigenvalue weighted by Crippen LogP contribution is -2.25. The Labute approximate surface area is 126 Å². The number of hydrogen-bond acceptors (Lipinski definition) is 4. The summed E-state index contributed by atoms with van der Waals surface area (Å²) in [6.07, 6.45) is 4.64. The van der Waals surface area contributed by atoms with Crippen molar-refractivity contribution in [1.29, 1.82) is 0 Å². The average Bonchev–Trinajstić information content (AvgIpc) is 3.16. The monoisotopic (exact) mass is 285 g/mol. The van der Waals surface area contributed by atoms with E-state index in [1.165, 1.54) is 18.4 Å². The largest absolute Gasteiger partial charge is 0.337 e. The van der Waals surface area contributed by atoms with E-state index >= 15 is 0 Å². The van der Waals surface area contributed by atoms with Gasteiger partial charge in [-0.2, -0.15) is 4.98 Å². The molecule has 21 heavy (non-hydrogen) atoms. The highest BCUT2D eigenvalue weighted by atomic mass is 16.5. The number of hydrogen-bond donors (Lipinski definition) is 1. The number of benzene rings is 1. The van der Waals surface area contributed by atoms with Crippen LogP contribution in [0.2, 0.25) is 0 Å². The molecule has 112 valence electrons. The van der Waals surface area contributed by atoms with Crippen LogP contribution in [0, 0.1) is 5.92 Å². The molecule has 0 amide bonds. The molecule has 4 nitrogen and oxygen atoms in total. The van der Waals surface area contributed by atoms with Crippen LogP contribution in [0.15, 0.2) is 34.9 Å². The van der Waals surface area contributed by atoms with E-state index in [4.69, 9.17) is 4.52 Å². The lowest BCUT2D eigenvalue weighted by atomic mass is 9.78. The molecule has 1 aromatic carbocycles. The van der Waals surface area contributed by atoms with Crippen LogP contribution in [0.25, 0.3) is 0 Å². The van der Waals surface area contributed by atoms with E-state index < -0.39 is 0 Å². The summed E-state index contributed by atoms with van der Waals surface area (Å²) in [6.45, 7) is 5.17. The predicted molar refractivity (Wildman–Crippen MR) is 83.3 cm³/mol. The van der Waals surface area contributed by atoms with Gasteiger partial charge in [-0.3, -0.25) is 0 Å². The van der Waals surface area contributed by atoms with Crippen LogP contribution in [-0.2, 0) is 5.41 Å². The summed E-state index contributed by atoms with van der Waals surface area (Å²) in [5, 5.41) is 7.49. The molecule has 0 saturated heterocycles. The molecule has 1 N–H and O–H groups in total. The number of anilines is 1. The van der Waals surface area contributed by atoms with Crippen molar-refractivity contribution in [2.24, 2.45) is 5.92 Å². The third-order valence-corrected chi connectivity index (χ3v) is 4.30. The summed E-state index contributed by atoms with van der Waals surface area (Å²) in [5.74, 6) is 1.38. The normalized spacial score (nSPS) is 17.3. The van der Waals surface area contributed by atoms with Gasteiger partial charge in [-0.15, -0.1) is 0 Å². The molecule has 0 atom stereocenters. The molecular weight excluding hydrogens is 262 g/mol. The van der Waals surface area contributed by atoms with E-state index in [-0.39, 0.29) is 5.41 Å². The fourth-order valence-electron chi connectivity index (χ4n) is 3.16. The molecule has 0 aliphatic heterocycles. The van der Waals surface area contributed by atoms with Gasteiger partial charge in [0, 0.05) is 6.54 Å². The molecular formula is C17H23N3O. The van der Waals surface area contributed by atoms with E-state index in [9.17, 15) is 0 Å². The summed E-state index contributed by atoms with van der Waals surface area (Å²) in [5.41, 5.74) is 1.24. The molecule has 1 aliphatic carbocycles. The van der Waals surface area contributed by atoms with Crippen LogP contribution in [0.5, 0.6) is 0 Å². The lowest BCUT2D eigenvalue weighted by Gasteiger charge is -2.25. The van der Waals surface area contributed by atoms with Crippen LogP contribution in [-0.4, -0.2) is 16.7 Å². The molecule has 0 unspecified atom stereocenters. The van der Waals surface area contributed by atoms with Crippen molar-refractivity contribution in [3.8, 4) is 0 Å². The molecule has 1 saturated carbocycles. The summed E-state index contributed by atoms with van der Waals surface area (Å²) in [7, 11) is 0. The molecule has 1 fully saturated rings. The number of aromatic nitrogens is 2. The minimum absolute atomic E-state index is 0.0669. The number of nitrogens with zero attached hydrogens (tertiary/aromatic N) is 2. The Hall–Kier alpha value is -1.84. The van der Waals surface area contributed by atoms with Gasteiger partial charge in [-0.1, -0.05) is 62.2 Å². The molecule has 1 aromatic heterocycles. The van der Waals surface area contributed by atoms with Crippen molar-refractivity contribution in [1.82, 2.24) is 10.1 Å². The van der Waals surface area contributed by atoms with Crippen molar-refractivity contribution in [3.05, 3.63) is 41.7 Å². The molecule has 1 aliphatic rings. The topological polar surface area (TPSA) is 51.0 Å².